The first-order chi connectivity index (χ1) is 12.4. The Morgan fingerprint density at radius 3 is 2.42 bits per heavy atom. The molecule has 0 aliphatic rings. The van der Waals surface area contributed by atoms with Crippen LogP contribution in [0.3, 0.4) is 0 Å². The second-order valence-corrected chi connectivity index (χ2v) is 6.35. The van der Waals surface area contributed by atoms with Crippen LogP contribution in [0.5, 0.6) is 0 Å². The topological polar surface area (TPSA) is 50.5 Å². The number of nitrogens with zero attached hydrogens (tertiary/aromatic N) is 4. The van der Waals surface area contributed by atoms with Gasteiger partial charge in [-0.2, -0.15) is 5.10 Å². The first kappa shape index (κ1) is 18.0. The molecule has 1 aromatic carbocycles. The molecule has 0 unspecified atom stereocenters. The summed E-state index contributed by atoms with van der Waals surface area (Å²) in [5, 5.41) is 4.68. The Morgan fingerprint density at radius 1 is 1.15 bits per heavy atom. The van der Waals surface area contributed by atoms with Gasteiger partial charge in [0.2, 0.25) is 5.91 Å². The number of amides is 1. The molecule has 2 heterocycles. The summed E-state index contributed by atoms with van der Waals surface area (Å²) < 4.78 is 15.1. The van der Waals surface area contributed by atoms with Gasteiger partial charge >= 0.3 is 0 Å². The Morgan fingerprint density at radius 2 is 1.81 bits per heavy atom. The number of rotatable bonds is 5. The predicted octanol–water partition coefficient (Wildman–Crippen LogP) is 3.56. The van der Waals surface area contributed by atoms with Crippen molar-refractivity contribution in [2.75, 3.05) is 13.1 Å². The van der Waals surface area contributed by atoms with E-state index < -0.39 is 0 Å². The first-order valence-electron chi connectivity index (χ1n) is 8.84. The highest BCUT2D eigenvalue weighted by atomic mass is 18.2. The number of halogens is 1. The van der Waals surface area contributed by atoms with Crippen molar-refractivity contribution in [1.82, 2.24) is 19.5 Å². The Balaban J connectivity index is 2.18. The van der Waals surface area contributed by atoms with Gasteiger partial charge in [-0.1, -0.05) is 0 Å². The maximum atomic E-state index is 13.3. The van der Waals surface area contributed by atoms with E-state index in [1.165, 1.54) is 12.1 Å². The summed E-state index contributed by atoms with van der Waals surface area (Å²) in [7, 11) is 0. The lowest BCUT2D eigenvalue weighted by Gasteiger charge is -2.18. The highest BCUT2D eigenvalue weighted by Gasteiger charge is 2.21. The van der Waals surface area contributed by atoms with E-state index in [-0.39, 0.29) is 18.1 Å². The molecule has 2 aromatic heterocycles. The SMILES string of the molecule is CCN(CC)C(=O)Cc1c(-c2ccc([18F])cc2)nn2c(C)cc(C)nc12. The molecule has 0 saturated carbocycles. The minimum absolute atomic E-state index is 0.0363. The Labute approximate surface area is 152 Å². The average Bonchev–Trinajstić information content (AvgIpc) is 2.95. The molecule has 0 spiro atoms. The molecule has 0 bridgehead atoms. The van der Waals surface area contributed by atoms with Crippen LogP contribution in [-0.4, -0.2) is 38.5 Å². The molecule has 1 amide bonds. The third kappa shape index (κ3) is 3.31. The molecule has 26 heavy (non-hydrogen) atoms. The molecule has 6 heteroatoms. The lowest BCUT2D eigenvalue weighted by molar-refractivity contribution is -0.130. The van der Waals surface area contributed by atoms with Gasteiger partial charge in [0.1, 0.15) is 5.82 Å². The molecule has 136 valence electrons. The van der Waals surface area contributed by atoms with Gasteiger partial charge in [-0.3, -0.25) is 4.79 Å². The molecule has 0 aliphatic carbocycles. The number of carbonyl (C=O) groups is 1. The molecule has 0 fully saturated rings. The number of hydrogen-bond acceptors (Lipinski definition) is 3. The molecule has 0 atom stereocenters. The fraction of sp³-hybridized carbons (Fsp3) is 0.350. The minimum atomic E-state index is -0.302. The van der Waals surface area contributed by atoms with Gasteiger partial charge in [0.15, 0.2) is 5.65 Å². The summed E-state index contributed by atoms with van der Waals surface area (Å²) in [6.07, 6.45) is 0.216. The second kappa shape index (κ2) is 7.23. The molecule has 0 radical (unpaired) electrons. The van der Waals surface area contributed by atoms with Crippen LogP contribution in [0.25, 0.3) is 16.9 Å². The lowest BCUT2D eigenvalue weighted by Crippen LogP contribution is -2.31. The average molecular weight is 353 g/mol. The number of fused-ring (bicyclic) bond motifs is 1. The molecular weight excluding hydrogens is 330 g/mol. The smallest absolute Gasteiger partial charge is 0.227 e. The Hall–Kier alpha value is -2.76. The van der Waals surface area contributed by atoms with E-state index in [1.54, 1.807) is 21.5 Å². The van der Waals surface area contributed by atoms with Gasteiger partial charge in [-0.05, 0) is 58.0 Å². The van der Waals surface area contributed by atoms with Crippen molar-refractivity contribution >= 4 is 11.6 Å². The van der Waals surface area contributed by atoms with Crippen molar-refractivity contribution < 1.29 is 9.18 Å². The van der Waals surface area contributed by atoms with E-state index >= 15 is 0 Å². The number of benzene rings is 1. The Kier molecular flexibility index (Phi) is 5.02. The molecule has 0 N–H and O–H groups in total. The largest absolute Gasteiger partial charge is 0.343 e. The maximum absolute atomic E-state index is 13.3. The zero-order valence-corrected chi connectivity index (χ0v) is 15.6. The van der Waals surface area contributed by atoms with E-state index in [0.717, 1.165) is 22.5 Å². The zero-order valence-electron chi connectivity index (χ0n) is 15.6. The normalized spacial score (nSPS) is 11.1. The van der Waals surface area contributed by atoms with Crippen LogP contribution in [0.15, 0.2) is 30.3 Å². The van der Waals surface area contributed by atoms with Crippen molar-refractivity contribution in [3.63, 3.8) is 0 Å². The molecule has 3 aromatic rings. The predicted molar refractivity (Wildman–Crippen MR) is 99.5 cm³/mol. The van der Waals surface area contributed by atoms with E-state index in [9.17, 15) is 9.18 Å². The van der Waals surface area contributed by atoms with Gasteiger partial charge in [0.25, 0.3) is 0 Å². The van der Waals surface area contributed by atoms with E-state index in [4.69, 9.17) is 0 Å². The summed E-state index contributed by atoms with van der Waals surface area (Å²) in [5.74, 6) is -0.266. The fourth-order valence-electron chi connectivity index (χ4n) is 3.21. The summed E-state index contributed by atoms with van der Waals surface area (Å²) in [4.78, 5) is 19.1. The molecule has 3 rings (SSSR count). The molecule has 0 aliphatic heterocycles. The maximum Gasteiger partial charge on any atom is 0.227 e. The van der Waals surface area contributed by atoms with Gasteiger partial charge in [0, 0.05) is 35.6 Å². The highest BCUT2D eigenvalue weighted by Crippen LogP contribution is 2.27. The quantitative estimate of drug-likeness (QED) is 0.705. The van der Waals surface area contributed by atoms with E-state index in [0.29, 0.717) is 24.4 Å². The van der Waals surface area contributed by atoms with Crippen LogP contribution < -0.4 is 0 Å². The number of likely N-dealkylation sites (N-methyl/N-ethyl adjacent to an activating group) is 1. The summed E-state index contributed by atoms with van der Waals surface area (Å²) in [5.41, 5.74) is 4.72. The van der Waals surface area contributed by atoms with Gasteiger partial charge in [-0.25, -0.2) is 13.9 Å². The van der Waals surface area contributed by atoms with Crippen LogP contribution in [0.1, 0.15) is 30.8 Å². The van der Waals surface area contributed by atoms with Gasteiger partial charge in [-0.15, -0.1) is 0 Å². The van der Waals surface area contributed by atoms with Crippen LogP contribution in [0, 0.1) is 19.7 Å². The lowest BCUT2D eigenvalue weighted by atomic mass is 10.0. The van der Waals surface area contributed by atoms with Crippen LogP contribution in [0.2, 0.25) is 0 Å². The molecule has 0 saturated heterocycles. The number of carbonyl (C=O) groups excluding carboxylic acids is 1. The second-order valence-electron chi connectivity index (χ2n) is 6.35. The van der Waals surface area contributed by atoms with Crippen LogP contribution in [-0.2, 0) is 11.2 Å². The van der Waals surface area contributed by atoms with Crippen molar-refractivity contribution in [3.05, 3.63) is 53.1 Å². The number of aryl methyl sites for hydroxylation is 2. The van der Waals surface area contributed by atoms with Crippen LogP contribution >= 0.6 is 0 Å². The minimum Gasteiger partial charge on any atom is -0.343 e. The van der Waals surface area contributed by atoms with Crippen molar-refractivity contribution in [2.45, 2.75) is 34.1 Å². The standard InChI is InChI=1S/C20H23FN4O/c1-5-24(6-2)18(26)12-17-19(15-7-9-16(21)10-8-15)23-25-14(4)11-13(3)22-20(17)25/h7-11H,5-6,12H2,1-4H3/i21-1. The van der Waals surface area contributed by atoms with Crippen molar-refractivity contribution in [1.29, 1.82) is 0 Å². The number of aromatic nitrogens is 3. The number of hydrogen-bond donors (Lipinski definition) is 0. The van der Waals surface area contributed by atoms with Crippen molar-refractivity contribution in [2.24, 2.45) is 0 Å². The summed E-state index contributed by atoms with van der Waals surface area (Å²) >= 11 is 0. The molecular formula is C20H23FN4O. The van der Waals surface area contributed by atoms with E-state index in [2.05, 4.69) is 10.1 Å². The van der Waals surface area contributed by atoms with Gasteiger partial charge < -0.3 is 4.90 Å². The first-order valence-corrected chi connectivity index (χ1v) is 8.84. The highest BCUT2D eigenvalue weighted by molar-refractivity contribution is 5.84. The molecule has 5 nitrogen and oxygen atoms in total. The third-order valence-electron chi connectivity index (χ3n) is 4.55. The zero-order chi connectivity index (χ0) is 18.8. The fourth-order valence-corrected chi connectivity index (χ4v) is 3.21. The monoisotopic (exact) mass is 353 g/mol. The summed E-state index contributed by atoms with van der Waals surface area (Å²) in [6, 6.07) is 8.13. The Bertz CT molecular complexity index is 943. The van der Waals surface area contributed by atoms with Crippen molar-refractivity contribution in [3.8, 4) is 11.3 Å². The van der Waals surface area contributed by atoms with E-state index in [1.807, 2.05) is 33.8 Å². The van der Waals surface area contributed by atoms with Crippen LogP contribution in [0.4, 0.5) is 4.39 Å². The summed E-state index contributed by atoms with van der Waals surface area (Å²) in [6.45, 7) is 9.13. The third-order valence-corrected chi connectivity index (χ3v) is 4.55. The van der Waals surface area contributed by atoms with Gasteiger partial charge in [0.05, 0.1) is 12.1 Å².